The van der Waals surface area contributed by atoms with Crippen molar-refractivity contribution in [1.29, 1.82) is 0 Å². The molecular weight excluding hydrogens is 324 g/mol. The lowest BCUT2D eigenvalue weighted by Gasteiger charge is -2.23. The highest BCUT2D eigenvalue weighted by atomic mass is 16.5. The first-order valence-electron chi connectivity index (χ1n) is 8.40. The van der Waals surface area contributed by atoms with Gasteiger partial charge < -0.3 is 20.1 Å². The summed E-state index contributed by atoms with van der Waals surface area (Å²) in [5.41, 5.74) is 0.632. The number of carboxylic acids is 1. The first-order chi connectivity index (χ1) is 11.9. The van der Waals surface area contributed by atoms with Crippen molar-refractivity contribution < 1.29 is 24.2 Å². The molecule has 1 aliphatic heterocycles. The van der Waals surface area contributed by atoms with Gasteiger partial charge in [0.1, 0.15) is 0 Å². The number of fused-ring (bicyclic) bond motifs is 1. The number of nitrogens with zero attached hydrogens (tertiary/aromatic N) is 1. The van der Waals surface area contributed by atoms with Crippen molar-refractivity contribution >= 4 is 23.7 Å². The van der Waals surface area contributed by atoms with E-state index in [0.29, 0.717) is 18.7 Å². The number of aliphatic carboxylic acids is 1. The number of anilines is 1. The van der Waals surface area contributed by atoms with E-state index in [1.54, 1.807) is 29.2 Å². The molecule has 7 heteroatoms. The average molecular weight is 346 g/mol. The van der Waals surface area contributed by atoms with Crippen LogP contribution >= 0.6 is 0 Å². The summed E-state index contributed by atoms with van der Waals surface area (Å²) in [7, 11) is 1.34. The number of nitrogens with one attached hydrogen (secondary N) is 1. The van der Waals surface area contributed by atoms with E-state index in [1.807, 2.05) is 0 Å². The number of urea groups is 1. The van der Waals surface area contributed by atoms with E-state index < -0.39 is 11.4 Å². The average Bonchev–Trinajstić information content (AvgIpc) is 3.15. The highest BCUT2D eigenvalue weighted by molar-refractivity contribution is 5.90. The Balaban J connectivity index is 1.61. The zero-order valence-electron chi connectivity index (χ0n) is 14.2. The topological polar surface area (TPSA) is 95.9 Å². The third-order valence-corrected chi connectivity index (χ3v) is 5.37. The zero-order chi connectivity index (χ0) is 18.0. The molecule has 2 amide bonds. The van der Waals surface area contributed by atoms with Gasteiger partial charge in [-0.3, -0.25) is 9.59 Å². The quantitative estimate of drug-likeness (QED) is 0.814. The number of esters is 1. The molecule has 1 aromatic rings. The van der Waals surface area contributed by atoms with Crippen LogP contribution in [0.2, 0.25) is 0 Å². The number of hydrogen-bond acceptors (Lipinski definition) is 4. The molecule has 0 aromatic heterocycles. The van der Waals surface area contributed by atoms with Crippen LogP contribution in [0.25, 0.3) is 0 Å². The van der Waals surface area contributed by atoms with Gasteiger partial charge in [0, 0.05) is 18.8 Å². The van der Waals surface area contributed by atoms with Crippen molar-refractivity contribution in [1.82, 2.24) is 4.90 Å². The van der Waals surface area contributed by atoms with Gasteiger partial charge in [-0.05, 0) is 36.5 Å². The molecule has 1 saturated heterocycles. The Morgan fingerprint density at radius 3 is 2.64 bits per heavy atom. The molecule has 1 aromatic carbocycles. The van der Waals surface area contributed by atoms with Gasteiger partial charge in [-0.15, -0.1) is 0 Å². The molecule has 2 atom stereocenters. The second-order valence-corrected chi connectivity index (χ2v) is 6.81. The number of rotatable bonds is 4. The summed E-state index contributed by atoms with van der Waals surface area (Å²) in [5.74, 6) is -1.07. The minimum Gasteiger partial charge on any atom is -0.481 e. The molecule has 7 nitrogen and oxygen atoms in total. The van der Waals surface area contributed by atoms with Crippen molar-refractivity contribution in [2.45, 2.75) is 25.7 Å². The predicted octanol–water partition coefficient (Wildman–Crippen LogP) is 2.12. The van der Waals surface area contributed by atoms with Crippen LogP contribution in [0, 0.1) is 11.3 Å². The third-order valence-electron chi connectivity index (χ3n) is 5.37. The lowest BCUT2D eigenvalue weighted by Crippen LogP contribution is -2.38. The lowest BCUT2D eigenvalue weighted by molar-refractivity contribution is -0.149. The maximum atomic E-state index is 12.5. The van der Waals surface area contributed by atoms with Crippen LogP contribution in [-0.4, -0.2) is 48.2 Å². The fourth-order valence-corrected chi connectivity index (χ4v) is 3.94. The van der Waals surface area contributed by atoms with Gasteiger partial charge in [0.25, 0.3) is 0 Å². The van der Waals surface area contributed by atoms with Crippen LogP contribution < -0.4 is 5.32 Å². The molecule has 2 aliphatic rings. The number of amides is 2. The van der Waals surface area contributed by atoms with Crippen LogP contribution in [-0.2, 0) is 20.7 Å². The highest BCUT2D eigenvalue weighted by Crippen LogP contribution is 2.48. The minimum absolute atomic E-state index is 0.0400. The standard InChI is InChI=1S/C18H22N2O5/c1-25-15(21)9-12-4-6-14(7-5-12)19-17(24)20-10-13-3-2-8-18(13,11-20)16(22)23/h4-7,13H,2-3,8-11H2,1H3,(H,19,24)(H,22,23)/t13-,18+/m0/s1. The molecule has 2 fully saturated rings. The number of likely N-dealkylation sites (tertiary alicyclic amines) is 1. The van der Waals surface area contributed by atoms with Crippen LogP contribution in [0.5, 0.6) is 0 Å². The van der Waals surface area contributed by atoms with Crippen molar-refractivity contribution in [3.63, 3.8) is 0 Å². The molecule has 2 N–H and O–H groups in total. The number of methoxy groups -OCH3 is 1. The first-order valence-corrected chi connectivity index (χ1v) is 8.40. The summed E-state index contributed by atoms with van der Waals surface area (Å²) in [6.45, 7) is 0.748. The van der Waals surface area contributed by atoms with Crippen molar-refractivity contribution in [2.24, 2.45) is 11.3 Å². The Hall–Kier alpha value is -2.57. The van der Waals surface area contributed by atoms with Crippen LogP contribution in [0.15, 0.2) is 24.3 Å². The SMILES string of the molecule is COC(=O)Cc1ccc(NC(=O)N2C[C@@H]3CCC[C@@]3(C(=O)O)C2)cc1. The van der Waals surface area contributed by atoms with E-state index >= 15 is 0 Å². The number of carboxylic acid groups (broad SMARTS) is 1. The molecule has 134 valence electrons. The van der Waals surface area contributed by atoms with Gasteiger partial charge in [0.15, 0.2) is 0 Å². The molecule has 1 aliphatic carbocycles. The number of carbonyl (C=O) groups excluding carboxylic acids is 2. The van der Waals surface area contributed by atoms with Gasteiger partial charge in [0.2, 0.25) is 0 Å². The maximum absolute atomic E-state index is 12.5. The summed E-state index contributed by atoms with van der Waals surface area (Å²) in [6, 6.07) is 6.67. The van der Waals surface area contributed by atoms with Gasteiger partial charge in [-0.25, -0.2) is 4.79 Å². The molecule has 0 bridgehead atoms. The van der Waals surface area contributed by atoms with E-state index in [2.05, 4.69) is 10.1 Å². The maximum Gasteiger partial charge on any atom is 0.321 e. The number of carbonyl (C=O) groups is 3. The Morgan fingerprint density at radius 2 is 2.04 bits per heavy atom. The Bertz CT molecular complexity index is 687. The molecule has 25 heavy (non-hydrogen) atoms. The minimum atomic E-state index is -0.794. The van der Waals surface area contributed by atoms with Crippen LogP contribution in [0.3, 0.4) is 0 Å². The fraction of sp³-hybridized carbons (Fsp3) is 0.500. The molecule has 1 heterocycles. The normalized spacial score (nSPS) is 24.7. The predicted molar refractivity (Wildman–Crippen MR) is 90.2 cm³/mol. The van der Waals surface area contributed by atoms with Crippen LogP contribution in [0.1, 0.15) is 24.8 Å². The Morgan fingerprint density at radius 1 is 1.32 bits per heavy atom. The summed E-state index contributed by atoms with van der Waals surface area (Å²) in [4.78, 5) is 37.0. The summed E-state index contributed by atoms with van der Waals surface area (Å²) in [5, 5.41) is 12.4. The smallest absolute Gasteiger partial charge is 0.321 e. The molecular formula is C18H22N2O5. The second-order valence-electron chi connectivity index (χ2n) is 6.81. The van der Waals surface area contributed by atoms with Gasteiger partial charge in [-0.1, -0.05) is 18.6 Å². The Kier molecular flexibility index (Phi) is 4.65. The molecule has 3 rings (SSSR count). The third kappa shape index (κ3) is 3.31. The van der Waals surface area contributed by atoms with E-state index in [9.17, 15) is 19.5 Å². The first kappa shape index (κ1) is 17.3. The van der Waals surface area contributed by atoms with Crippen molar-refractivity contribution in [3.8, 4) is 0 Å². The second kappa shape index (κ2) is 6.74. The number of hydrogen-bond donors (Lipinski definition) is 2. The number of benzene rings is 1. The van der Waals surface area contributed by atoms with Crippen molar-refractivity contribution in [2.75, 3.05) is 25.5 Å². The van der Waals surface area contributed by atoms with E-state index in [4.69, 9.17) is 0 Å². The Labute approximate surface area is 146 Å². The van der Waals surface area contributed by atoms with E-state index in [1.165, 1.54) is 7.11 Å². The van der Waals surface area contributed by atoms with Crippen LogP contribution in [0.4, 0.5) is 10.5 Å². The molecule has 1 saturated carbocycles. The summed E-state index contributed by atoms with van der Waals surface area (Å²) >= 11 is 0. The number of ether oxygens (including phenoxy) is 1. The molecule has 0 radical (unpaired) electrons. The van der Waals surface area contributed by atoms with Gasteiger partial charge in [-0.2, -0.15) is 0 Å². The lowest BCUT2D eigenvalue weighted by atomic mass is 9.81. The largest absolute Gasteiger partial charge is 0.481 e. The highest BCUT2D eigenvalue weighted by Gasteiger charge is 2.55. The monoisotopic (exact) mass is 346 g/mol. The van der Waals surface area contributed by atoms with Crippen molar-refractivity contribution in [3.05, 3.63) is 29.8 Å². The van der Waals surface area contributed by atoms with Gasteiger partial charge >= 0.3 is 18.0 Å². The summed E-state index contributed by atoms with van der Waals surface area (Å²) < 4.78 is 4.62. The fourth-order valence-electron chi connectivity index (χ4n) is 3.94. The molecule has 0 spiro atoms. The van der Waals surface area contributed by atoms with E-state index in [-0.39, 0.29) is 30.9 Å². The molecule has 0 unspecified atom stereocenters. The summed E-state index contributed by atoms with van der Waals surface area (Å²) in [6.07, 6.45) is 2.59. The zero-order valence-corrected chi connectivity index (χ0v) is 14.2. The van der Waals surface area contributed by atoms with E-state index in [0.717, 1.165) is 18.4 Å². The van der Waals surface area contributed by atoms with Gasteiger partial charge in [0.05, 0.1) is 18.9 Å².